The number of morpholine rings is 1. The molecule has 0 saturated carbocycles. The SMILES string of the molecule is CCCCCCCCCCCC(=O)OCCN1CCOCC1.O=S(=O)([O-])c1ccc2ccccc2c1.c1ccc([S+](c2ccccc2)c2ccccc2)cc1. The smallest absolute Gasteiger partial charge is 0.305 e. The van der Waals surface area contributed by atoms with E-state index in [1.54, 1.807) is 18.2 Å². The summed E-state index contributed by atoms with van der Waals surface area (Å²) in [5, 5.41) is 1.67. The lowest BCUT2D eigenvalue weighted by Crippen LogP contribution is -2.38. The molecule has 1 heterocycles. The fraction of sp³-hybridized carbons (Fsp3) is 0.370. The predicted octanol–water partition coefficient (Wildman–Crippen LogP) is 10.3. The van der Waals surface area contributed by atoms with Crippen LogP contribution < -0.4 is 0 Å². The van der Waals surface area contributed by atoms with Crippen molar-refractivity contribution in [2.45, 2.75) is 90.7 Å². The number of hydrogen-bond acceptors (Lipinski definition) is 7. The van der Waals surface area contributed by atoms with Gasteiger partial charge >= 0.3 is 5.97 Å². The zero-order valence-electron chi connectivity index (χ0n) is 32.2. The molecule has 6 rings (SSSR count). The number of rotatable bonds is 17. The highest BCUT2D eigenvalue weighted by Gasteiger charge is 2.27. The normalized spacial score (nSPS) is 13.0. The Labute approximate surface area is 332 Å². The van der Waals surface area contributed by atoms with Crippen LogP contribution in [0, 0.1) is 0 Å². The van der Waals surface area contributed by atoms with Gasteiger partial charge in [-0.25, -0.2) is 8.42 Å². The summed E-state index contributed by atoms with van der Waals surface area (Å²) in [7, 11) is -4.36. The van der Waals surface area contributed by atoms with Crippen LogP contribution in [0.1, 0.15) is 71.1 Å². The summed E-state index contributed by atoms with van der Waals surface area (Å²) in [4.78, 5) is 17.8. The molecule has 0 aliphatic carbocycles. The Morgan fingerprint density at radius 1 is 0.655 bits per heavy atom. The molecule has 1 aliphatic rings. The van der Waals surface area contributed by atoms with Crippen molar-refractivity contribution in [3.05, 3.63) is 133 Å². The molecule has 1 saturated heterocycles. The molecule has 294 valence electrons. The third kappa shape index (κ3) is 16.7. The zero-order valence-corrected chi connectivity index (χ0v) is 33.9. The molecular formula is C46H57NO6S2. The van der Waals surface area contributed by atoms with Gasteiger partial charge in [0.15, 0.2) is 14.7 Å². The number of ether oxygens (including phenoxy) is 2. The largest absolute Gasteiger partial charge is 0.744 e. The van der Waals surface area contributed by atoms with Crippen molar-refractivity contribution in [2.24, 2.45) is 0 Å². The van der Waals surface area contributed by atoms with Crippen molar-refractivity contribution in [3.63, 3.8) is 0 Å². The van der Waals surface area contributed by atoms with Gasteiger partial charge in [0.25, 0.3) is 0 Å². The Kier molecular flexibility index (Phi) is 20.1. The van der Waals surface area contributed by atoms with E-state index in [0.717, 1.165) is 56.5 Å². The van der Waals surface area contributed by atoms with Gasteiger partial charge in [-0.1, -0.05) is 143 Å². The van der Waals surface area contributed by atoms with Crippen LogP contribution in [0.5, 0.6) is 0 Å². The maximum Gasteiger partial charge on any atom is 0.305 e. The highest BCUT2D eigenvalue weighted by molar-refractivity contribution is 7.97. The molecule has 0 spiro atoms. The lowest BCUT2D eigenvalue weighted by molar-refractivity contribution is -0.144. The third-order valence-electron chi connectivity index (χ3n) is 9.21. The van der Waals surface area contributed by atoms with E-state index < -0.39 is 10.1 Å². The van der Waals surface area contributed by atoms with E-state index in [2.05, 4.69) is 103 Å². The molecule has 0 unspecified atom stereocenters. The Morgan fingerprint density at radius 2 is 1.13 bits per heavy atom. The average Bonchev–Trinajstić information content (AvgIpc) is 3.22. The molecule has 9 heteroatoms. The van der Waals surface area contributed by atoms with Gasteiger partial charge in [0.05, 0.1) is 29.0 Å². The first-order valence-electron chi connectivity index (χ1n) is 19.6. The minimum absolute atomic E-state index is 0.0146. The van der Waals surface area contributed by atoms with Crippen LogP contribution in [0.4, 0.5) is 0 Å². The quantitative estimate of drug-likeness (QED) is 0.0401. The second-order valence-electron chi connectivity index (χ2n) is 13.5. The molecule has 5 aromatic carbocycles. The van der Waals surface area contributed by atoms with Gasteiger partial charge in [-0.15, -0.1) is 0 Å². The lowest BCUT2D eigenvalue weighted by atomic mass is 10.1. The monoisotopic (exact) mass is 783 g/mol. The molecule has 0 atom stereocenters. The van der Waals surface area contributed by atoms with E-state index in [-0.39, 0.29) is 21.8 Å². The number of benzene rings is 5. The Hall–Kier alpha value is -3.99. The number of esters is 1. The summed E-state index contributed by atoms with van der Waals surface area (Å²) >= 11 is 0. The second kappa shape index (κ2) is 25.2. The topological polar surface area (TPSA) is 96.0 Å². The van der Waals surface area contributed by atoms with Gasteiger partial charge in [0.2, 0.25) is 0 Å². The number of carbonyl (C=O) groups excluding carboxylic acids is 1. The standard InChI is InChI=1S/C18H35NO3.C18H15S.C10H8O3S/c1-2-3-4-5-6-7-8-9-10-11-18(20)22-17-14-19-12-15-21-16-13-19;1-4-10-16(11-5-1)19(17-12-6-2-7-13-17)18-14-8-3-9-15-18;11-14(12,13)10-6-5-8-3-1-2-4-9(8)7-10/h2-17H2,1H3;1-15H;1-7H,(H,11,12,13)/q;+1;/p-1. The van der Waals surface area contributed by atoms with Crippen molar-refractivity contribution >= 4 is 37.8 Å². The molecule has 7 nitrogen and oxygen atoms in total. The van der Waals surface area contributed by atoms with Gasteiger partial charge in [0.1, 0.15) is 16.7 Å². The summed E-state index contributed by atoms with van der Waals surface area (Å²) in [6, 6.07) is 43.8. The van der Waals surface area contributed by atoms with Crippen LogP contribution in [-0.2, 0) is 35.3 Å². The van der Waals surface area contributed by atoms with Crippen molar-refractivity contribution < 1.29 is 27.2 Å². The van der Waals surface area contributed by atoms with Crippen LogP contribution in [0.3, 0.4) is 0 Å². The van der Waals surface area contributed by atoms with Crippen molar-refractivity contribution in [1.29, 1.82) is 0 Å². The summed E-state index contributed by atoms with van der Waals surface area (Å²) in [5.74, 6) is -0.0313. The van der Waals surface area contributed by atoms with Gasteiger partial charge in [0, 0.05) is 26.1 Å². The van der Waals surface area contributed by atoms with Crippen molar-refractivity contribution in [1.82, 2.24) is 4.90 Å². The third-order valence-corrected chi connectivity index (χ3v) is 12.3. The maximum absolute atomic E-state index is 11.6. The van der Waals surface area contributed by atoms with E-state index >= 15 is 0 Å². The Bertz CT molecular complexity index is 1790. The highest BCUT2D eigenvalue weighted by Crippen LogP contribution is 2.30. The lowest BCUT2D eigenvalue weighted by Gasteiger charge is -2.26. The molecule has 1 fully saturated rings. The number of unbranched alkanes of at least 4 members (excludes halogenated alkanes) is 8. The summed E-state index contributed by atoms with van der Waals surface area (Å²) in [6.07, 6.45) is 12.1. The molecule has 0 N–H and O–H groups in total. The summed E-state index contributed by atoms with van der Waals surface area (Å²) in [6.45, 7) is 7.12. The van der Waals surface area contributed by atoms with E-state index in [4.69, 9.17) is 9.47 Å². The zero-order chi connectivity index (χ0) is 39.0. The number of fused-ring (bicyclic) bond motifs is 1. The van der Waals surface area contributed by atoms with Crippen molar-refractivity contribution in [2.75, 3.05) is 39.5 Å². The maximum atomic E-state index is 11.6. The number of hydrogen-bond donors (Lipinski definition) is 0. The molecule has 0 amide bonds. The average molecular weight is 784 g/mol. The second-order valence-corrected chi connectivity index (χ2v) is 16.9. The first-order chi connectivity index (χ1) is 26.8. The van der Waals surface area contributed by atoms with Gasteiger partial charge in [-0.05, 0) is 65.7 Å². The van der Waals surface area contributed by atoms with Crippen LogP contribution in [-0.4, -0.2) is 63.3 Å². The minimum atomic E-state index is -4.34. The molecule has 0 bridgehead atoms. The fourth-order valence-corrected chi connectivity index (χ4v) is 8.78. The van der Waals surface area contributed by atoms with Crippen molar-refractivity contribution in [3.8, 4) is 0 Å². The van der Waals surface area contributed by atoms with Crippen LogP contribution in [0.2, 0.25) is 0 Å². The van der Waals surface area contributed by atoms with E-state index in [1.165, 1.54) is 71.8 Å². The summed E-state index contributed by atoms with van der Waals surface area (Å²) < 4.78 is 42.7. The minimum Gasteiger partial charge on any atom is -0.744 e. The Balaban J connectivity index is 0.000000187. The van der Waals surface area contributed by atoms with Crippen LogP contribution in [0.25, 0.3) is 10.8 Å². The van der Waals surface area contributed by atoms with E-state index in [1.807, 2.05) is 12.1 Å². The van der Waals surface area contributed by atoms with Gasteiger partial charge in [-0.3, -0.25) is 9.69 Å². The molecule has 5 aromatic rings. The Morgan fingerprint density at radius 3 is 1.64 bits per heavy atom. The van der Waals surface area contributed by atoms with Gasteiger partial charge < -0.3 is 14.0 Å². The summed E-state index contributed by atoms with van der Waals surface area (Å²) in [5.41, 5.74) is 0. The van der Waals surface area contributed by atoms with Crippen LogP contribution >= 0.6 is 0 Å². The molecule has 0 aromatic heterocycles. The van der Waals surface area contributed by atoms with Gasteiger partial charge in [-0.2, -0.15) is 0 Å². The first kappa shape index (κ1) is 43.7. The fourth-order valence-electron chi connectivity index (χ4n) is 6.17. The van der Waals surface area contributed by atoms with E-state index in [0.29, 0.717) is 13.0 Å². The molecule has 0 radical (unpaired) electrons. The number of carbonyl (C=O) groups is 1. The highest BCUT2D eigenvalue weighted by atomic mass is 32.2. The molecule has 55 heavy (non-hydrogen) atoms. The van der Waals surface area contributed by atoms with Crippen LogP contribution in [0.15, 0.2) is 153 Å². The predicted molar refractivity (Wildman–Crippen MR) is 223 cm³/mol. The van der Waals surface area contributed by atoms with E-state index in [9.17, 15) is 17.8 Å². The number of nitrogens with zero attached hydrogens (tertiary/aromatic N) is 1. The molecule has 1 aliphatic heterocycles. The molecular weight excluding hydrogens is 727 g/mol. The first-order valence-corrected chi connectivity index (χ1v) is 22.3.